The number of carbonyl (C=O) groups is 1. The second-order valence-corrected chi connectivity index (χ2v) is 6.27. The lowest BCUT2D eigenvalue weighted by Gasteiger charge is -2.21. The van der Waals surface area contributed by atoms with Gasteiger partial charge < -0.3 is 10.2 Å². The van der Waals surface area contributed by atoms with E-state index in [0.29, 0.717) is 23.7 Å². The molecule has 3 aromatic rings. The lowest BCUT2D eigenvalue weighted by molar-refractivity contribution is 0.0755. The molecule has 2 aromatic heterocycles. The molecular formula is C19H22N6O. The van der Waals surface area contributed by atoms with Crippen molar-refractivity contribution >= 4 is 11.7 Å². The highest BCUT2D eigenvalue weighted by atomic mass is 16.2. The van der Waals surface area contributed by atoms with E-state index in [0.717, 1.165) is 5.56 Å². The molecule has 0 fully saturated rings. The summed E-state index contributed by atoms with van der Waals surface area (Å²) < 4.78 is 1.66. The number of benzene rings is 1. The third-order valence-corrected chi connectivity index (χ3v) is 4.13. The molecule has 0 saturated heterocycles. The van der Waals surface area contributed by atoms with Gasteiger partial charge in [0.25, 0.3) is 5.91 Å². The Labute approximate surface area is 152 Å². The minimum atomic E-state index is 0.0253. The number of nitrogens with zero attached hydrogens (tertiary/aromatic N) is 5. The van der Waals surface area contributed by atoms with E-state index in [2.05, 4.69) is 20.4 Å². The molecule has 2 heterocycles. The van der Waals surface area contributed by atoms with Gasteiger partial charge in [-0.2, -0.15) is 5.10 Å². The summed E-state index contributed by atoms with van der Waals surface area (Å²) in [5.74, 6) is 1.34. The van der Waals surface area contributed by atoms with Crippen LogP contribution in [0.15, 0.2) is 55.1 Å². The molecule has 0 aliphatic rings. The third-order valence-electron chi connectivity index (χ3n) is 4.13. The van der Waals surface area contributed by atoms with Crippen LogP contribution in [0.1, 0.15) is 29.8 Å². The average Bonchev–Trinajstić information content (AvgIpc) is 3.20. The smallest absolute Gasteiger partial charge is 0.253 e. The topological polar surface area (TPSA) is 75.9 Å². The molecule has 0 saturated carbocycles. The SMILES string of the molecule is CC(C)N(C)C(=O)c1ccc(CNc2cncc(-n3cccn3)n2)cc1. The first-order chi connectivity index (χ1) is 12.5. The first kappa shape index (κ1) is 17.6. The maximum atomic E-state index is 12.3. The molecule has 7 nitrogen and oxygen atoms in total. The second kappa shape index (κ2) is 7.77. The molecule has 0 atom stereocenters. The maximum absolute atomic E-state index is 12.3. The van der Waals surface area contributed by atoms with E-state index in [4.69, 9.17) is 0 Å². The van der Waals surface area contributed by atoms with Gasteiger partial charge >= 0.3 is 0 Å². The molecule has 1 N–H and O–H groups in total. The van der Waals surface area contributed by atoms with Crippen LogP contribution in [0.25, 0.3) is 5.82 Å². The van der Waals surface area contributed by atoms with Crippen LogP contribution in [0, 0.1) is 0 Å². The van der Waals surface area contributed by atoms with Gasteiger partial charge in [0.05, 0.1) is 12.4 Å². The number of hydrogen-bond donors (Lipinski definition) is 1. The fourth-order valence-corrected chi connectivity index (χ4v) is 2.35. The molecule has 0 aliphatic carbocycles. The zero-order valence-electron chi connectivity index (χ0n) is 15.1. The van der Waals surface area contributed by atoms with Gasteiger partial charge in [0.2, 0.25) is 0 Å². The van der Waals surface area contributed by atoms with Gasteiger partial charge in [0, 0.05) is 37.6 Å². The van der Waals surface area contributed by atoms with Crippen LogP contribution in [-0.2, 0) is 6.54 Å². The molecule has 3 rings (SSSR count). The number of amides is 1. The van der Waals surface area contributed by atoms with Crippen molar-refractivity contribution in [3.05, 3.63) is 66.2 Å². The maximum Gasteiger partial charge on any atom is 0.253 e. The van der Waals surface area contributed by atoms with Gasteiger partial charge in [-0.1, -0.05) is 12.1 Å². The zero-order chi connectivity index (χ0) is 18.5. The average molecular weight is 350 g/mol. The summed E-state index contributed by atoms with van der Waals surface area (Å²) in [4.78, 5) is 22.7. The lowest BCUT2D eigenvalue weighted by Crippen LogP contribution is -2.32. The van der Waals surface area contributed by atoms with Crippen molar-refractivity contribution < 1.29 is 4.79 Å². The Bertz CT molecular complexity index is 858. The normalized spacial score (nSPS) is 10.8. The van der Waals surface area contributed by atoms with Gasteiger partial charge in [-0.3, -0.25) is 9.78 Å². The fraction of sp³-hybridized carbons (Fsp3) is 0.263. The van der Waals surface area contributed by atoms with Crippen LogP contribution in [0.4, 0.5) is 5.82 Å². The predicted molar refractivity (Wildman–Crippen MR) is 100 cm³/mol. The van der Waals surface area contributed by atoms with Crippen LogP contribution in [0.3, 0.4) is 0 Å². The largest absolute Gasteiger partial charge is 0.365 e. The minimum absolute atomic E-state index is 0.0253. The number of aromatic nitrogens is 4. The molecule has 1 amide bonds. The Kier molecular flexibility index (Phi) is 5.26. The van der Waals surface area contributed by atoms with E-state index < -0.39 is 0 Å². The predicted octanol–water partition coefficient (Wildman–Crippen LogP) is 2.75. The van der Waals surface area contributed by atoms with Gasteiger partial charge in [-0.25, -0.2) is 9.67 Å². The van der Waals surface area contributed by atoms with E-state index in [-0.39, 0.29) is 11.9 Å². The van der Waals surface area contributed by atoms with E-state index in [1.165, 1.54) is 0 Å². The Balaban J connectivity index is 1.64. The number of carbonyl (C=O) groups excluding carboxylic acids is 1. The Morgan fingerprint density at radius 3 is 2.65 bits per heavy atom. The van der Waals surface area contributed by atoms with Crippen LogP contribution in [0.2, 0.25) is 0 Å². The van der Waals surface area contributed by atoms with Crippen molar-refractivity contribution in [2.45, 2.75) is 26.4 Å². The monoisotopic (exact) mass is 350 g/mol. The molecule has 0 radical (unpaired) electrons. The number of anilines is 1. The van der Waals surface area contributed by atoms with Crippen molar-refractivity contribution in [3.63, 3.8) is 0 Å². The molecular weight excluding hydrogens is 328 g/mol. The quantitative estimate of drug-likeness (QED) is 0.740. The summed E-state index contributed by atoms with van der Waals surface area (Å²) in [6.45, 7) is 4.58. The van der Waals surface area contributed by atoms with Crippen molar-refractivity contribution in [2.75, 3.05) is 12.4 Å². The highest BCUT2D eigenvalue weighted by molar-refractivity contribution is 5.94. The standard InChI is InChI=1S/C19H22N6O/c1-14(2)24(3)19(26)16-7-5-15(6-8-16)11-21-17-12-20-13-18(23-17)25-10-4-9-22-25/h4-10,12-14H,11H2,1-3H3,(H,21,23). The molecule has 7 heteroatoms. The first-order valence-corrected chi connectivity index (χ1v) is 8.46. The lowest BCUT2D eigenvalue weighted by atomic mass is 10.1. The summed E-state index contributed by atoms with van der Waals surface area (Å²) in [5.41, 5.74) is 1.74. The van der Waals surface area contributed by atoms with Crippen molar-refractivity contribution in [1.82, 2.24) is 24.6 Å². The Morgan fingerprint density at radius 1 is 1.23 bits per heavy atom. The highest BCUT2D eigenvalue weighted by Gasteiger charge is 2.13. The van der Waals surface area contributed by atoms with Crippen molar-refractivity contribution in [2.24, 2.45) is 0 Å². The fourth-order valence-electron chi connectivity index (χ4n) is 2.35. The third kappa shape index (κ3) is 4.05. The van der Waals surface area contributed by atoms with E-state index in [1.807, 2.05) is 57.4 Å². The molecule has 0 bridgehead atoms. The summed E-state index contributed by atoms with van der Waals surface area (Å²) in [5, 5.41) is 7.39. The highest BCUT2D eigenvalue weighted by Crippen LogP contribution is 2.11. The molecule has 26 heavy (non-hydrogen) atoms. The van der Waals surface area contributed by atoms with Crippen LogP contribution >= 0.6 is 0 Å². The summed E-state index contributed by atoms with van der Waals surface area (Å²) in [7, 11) is 1.81. The molecule has 0 spiro atoms. The molecule has 134 valence electrons. The van der Waals surface area contributed by atoms with Crippen molar-refractivity contribution in [1.29, 1.82) is 0 Å². The number of rotatable bonds is 6. The van der Waals surface area contributed by atoms with E-state index >= 15 is 0 Å². The Morgan fingerprint density at radius 2 is 2.00 bits per heavy atom. The summed E-state index contributed by atoms with van der Waals surface area (Å²) in [6.07, 6.45) is 6.84. The summed E-state index contributed by atoms with van der Waals surface area (Å²) >= 11 is 0. The Hall–Kier alpha value is -3.22. The van der Waals surface area contributed by atoms with Gasteiger partial charge in [-0.15, -0.1) is 0 Å². The molecule has 0 aliphatic heterocycles. The van der Waals surface area contributed by atoms with Crippen LogP contribution in [-0.4, -0.2) is 43.6 Å². The van der Waals surface area contributed by atoms with Gasteiger partial charge in [-0.05, 0) is 37.6 Å². The van der Waals surface area contributed by atoms with Crippen molar-refractivity contribution in [3.8, 4) is 5.82 Å². The van der Waals surface area contributed by atoms with Crippen LogP contribution < -0.4 is 5.32 Å². The summed E-state index contributed by atoms with van der Waals surface area (Å²) in [6, 6.07) is 9.60. The number of nitrogens with one attached hydrogen (secondary N) is 1. The van der Waals surface area contributed by atoms with Crippen LogP contribution in [0.5, 0.6) is 0 Å². The molecule has 0 unspecified atom stereocenters. The minimum Gasteiger partial charge on any atom is -0.365 e. The van der Waals surface area contributed by atoms with E-state index in [1.54, 1.807) is 28.2 Å². The van der Waals surface area contributed by atoms with E-state index in [9.17, 15) is 4.79 Å². The van der Waals surface area contributed by atoms with Gasteiger partial charge in [0.1, 0.15) is 5.82 Å². The first-order valence-electron chi connectivity index (χ1n) is 8.46. The second-order valence-electron chi connectivity index (χ2n) is 6.27. The van der Waals surface area contributed by atoms with Gasteiger partial charge in [0.15, 0.2) is 5.82 Å². The molecule has 1 aromatic carbocycles. The number of hydrogen-bond acceptors (Lipinski definition) is 5. The zero-order valence-corrected chi connectivity index (χ0v) is 15.1.